The molecular formula is C13H14F5NO. The summed E-state index contributed by atoms with van der Waals surface area (Å²) >= 11 is 0. The van der Waals surface area contributed by atoms with Gasteiger partial charge in [-0.25, -0.2) is 13.2 Å². The molecule has 20 heavy (non-hydrogen) atoms. The molecule has 0 unspecified atom stereocenters. The van der Waals surface area contributed by atoms with Gasteiger partial charge in [-0.3, -0.25) is 0 Å². The van der Waals surface area contributed by atoms with E-state index >= 15 is 0 Å². The first kappa shape index (κ1) is 16.4. The Balaban J connectivity index is 2.81. The lowest BCUT2D eigenvalue weighted by Gasteiger charge is -2.13. The van der Waals surface area contributed by atoms with E-state index < -0.39 is 34.8 Å². The second-order valence-corrected chi connectivity index (χ2v) is 4.47. The first-order valence-electron chi connectivity index (χ1n) is 5.80. The van der Waals surface area contributed by atoms with Crippen molar-refractivity contribution in [2.45, 2.75) is 19.9 Å². The summed E-state index contributed by atoms with van der Waals surface area (Å²) in [6, 6.07) is 0.154. The van der Waals surface area contributed by atoms with E-state index in [0.717, 1.165) is 0 Å². The van der Waals surface area contributed by atoms with Gasteiger partial charge in [0, 0.05) is 12.6 Å². The van der Waals surface area contributed by atoms with Crippen molar-refractivity contribution in [2.24, 2.45) is 0 Å². The SMILES string of the molecule is C=C(CNC(C)C)COc1c(F)c(F)c(F)c(F)c1F. The Kier molecular flexibility index (Phi) is 5.50. The van der Waals surface area contributed by atoms with Gasteiger partial charge in [-0.1, -0.05) is 20.4 Å². The van der Waals surface area contributed by atoms with E-state index in [2.05, 4.69) is 16.6 Å². The number of hydrogen-bond acceptors (Lipinski definition) is 2. The Morgan fingerprint density at radius 3 is 1.90 bits per heavy atom. The predicted octanol–water partition coefficient (Wildman–Crippen LogP) is 3.32. The van der Waals surface area contributed by atoms with E-state index in [1.165, 1.54) is 0 Å². The third-order valence-electron chi connectivity index (χ3n) is 2.35. The number of hydrogen-bond donors (Lipinski definition) is 1. The second kappa shape index (κ2) is 6.69. The van der Waals surface area contributed by atoms with Crippen LogP contribution in [0.1, 0.15) is 13.8 Å². The molecule has 0 aliphatic carbocycles. The van der Waals surface area contributed by atoms with Gasteiger partial charge in [-0.2, -0.15) is 8.78 Å². The lowest BCUT2D eigenvalue weighted by Crippen LogP contribution is -2.26. The fourth-order valence-corrected chi connectivity index (χ4v) is 1.29. The highest BCUT2D eigenvalue weighted by Crippen LogP contribution is 2.29. The summed E-state index contributed by atoms with van der Waals surface area (Å²) in [5.74, 6) is -11.6. The summed E-state index contributed by atoms with van der Waals surface area (Å²) in [6.45, 7) is 7.25. The Labute approximate surface area is 113 Å². The van der Waals surface area contributed by atoms with Gasteiger partial charge in [0.25, 0.3) is 0 Å². The number of benzene rings is 1. The van der Waals surface area contributed by atoms with Crippen LogP contribution < -0.4 is 10.1 Å². The summed E-state index contributed by atoms with van der Waals surface area (Å²) in [4.78, 5) is 0. The molecule has 0 bridgehead atoms. The fourth-order valence-electron chi connectivity index (χ4n) is 1.29. The highest BCUT2D eigenvalue weighted by molar-refractivity contribution is 5.30. The van der Waals surface area contributed by atoms with E-state index in [9.17, 15) is 22.0 Å². The first-order valence-corrected chi connectivity index (χ1v) is 5.80. The zero-order chi connectivity index (χ0) is 15.4. The fraction of sp³-hybridized carbons (Fsp3) is 0.385. The van der Waals surface area contributed by atoms with Gasteiger partial charge >= 0.3 is 0 Å². The molecule has 0 fully saturated rings. The zero-order valence-electron chi connectivity index (χ0n) is 11.0. The summed E-state index contributed by atoms with van der Waals surface area (Å²) in [7, 11) is 0. The molecule has 0 aliphatic heterocycles. The molecule has 112 valence electrons. The van der Waals surface area contributed by atoms with Crippen molar-refractivity contribution in [1.82, 2.24) is 5.32 Å². The molecule has 0 spiro atoms. The Morgan fingerprint density at radius 2 is 1.45 bits per heavy atom. The van der Waals surface area contributed by atoms with Gasteiger partial charge in [-0.05, 0) is 5.57 Å². The van der Waals surface area contributed by atoms with Crippen LogP contribution in [0.25, 0.3) is 0 Å². The summed E-state index contributed by atoms with van der Waals surface area (Å²) in [5, 5.41) is 2.97. The lowest BCUT2D eigenvalue weighted by molar-refractivity contribution is 0.280. The van der Waals surface area contributed by atoms with E-state index in [4.69, 9.17) is 0 Å². The lowest BCUT2D eigenvalue weighted by atomic mass is 10.2. The topological polar surface area (TPSA) is 21.3 Å². The van der Waals surface area contributed by atoms with Crippen molar-refractivity contribution in [3.05, 3.63) is 41.2 Å². The molecule has 0 atom stereocenters. The van der Waals surface area contributed by atoms with Crippen molar-refractivity contribution < 1.29 is 26.7 Å². The molecule has 7 heteroatoms. The van der Waals surface area contributed by atoms with Crippen molar-refractivity contribution in [1.29, 1.82) is 0 Å². The molecular weight excluding hydrogens is 281 g/mol. The third kappa shape index (κ3) is 3.69. The quantitative estimate of drug-likeness (QED) is 0.376. The number of rotatable bonds is 6. The smallest absolute Gasteiger partial charge is 0.207 e. The van der Waals surface area contributed by atoms with Gasteiger partial charge in [-0.15, -0.1) is 0 Å². The van der Waals surface area contributed by atoms with Crippen LogP contribution in [-0.2, 0) is 0 Å². The van der Waals surface area contributed by atoms with E-state index in [0.29, 0.717) is 12.1 Å². The summed E-state index contributed by atoms with van der Waals surface area (Å²) in [5.41, 5.74) is 0.405. The molecule has 0 aliphatic rings. The average molecular weight is 295 g/mol. The van der Waals surface area contributed by atoms with Gasteiger partial charge in [0.1, 0.15) is 6.61 Å². The van der Waals surface area contributed by atoms with Crippen LogP contribution in [0.3, 0.4) is 0 Å². The minimum absolute atomic E-state index is 0.154. The highest BCUT2D eigenvalue weighted by atomic mass is 19.2. The molecule has 0 aromatic heterocycles. The van der Waals surface area contributed by atoms with Crippen LogP contribution in [-0.4, -0.2) is 19.2 Å². The minimum atomic E-state index is -2.22. The first-order chi connectivity index (χ1) is 9.25. The molecule has 1 aromatic rings. The summed E-state index contributed by atoms with van der Waals surface area (Å²) in [6.07, 6.45) is 0. The van der Waals surface area contributed by atoms with Crippen LogP contribution in [0, 0.1) is 29.1 Å². The maximum Gasteiger partial charge on any atom is 0.207 e. The number of ether oxygens (including phenoxy) is 1. The van der Waals surface area contributed by atoms with E-state index in [1.807, 2.05) is 13.8 Å². The Bertz CT molecular complexity index is 487. The zero-order valence-corrected chi connectivity index (χ0v) is 11.0. The molecule has 0 heterocycles. The molecule has 0 saturated carbocycles. The minimum Gasteiger partial charge on any atom is -0.483 e. The van der Waals surface area contributed by atoms with Crippen molar-refractivity contribution >= 4 is 0 Å². The average Bonchev–Trinajstić information content (AvgIpc) is 2.40. The van der Waals surface area contributed by atoms with Crippen LogP contribution in [0.4, 0.5) is 22.0 Å². The normalized spacial score (nSPS) is 11.0. The standard InChI is InChI=1S/C13H14F5NO/c1-6(2)19-4-7(3)5-20-13-11(17)9(15)8(14)10(16)12(13)18/h6,19H,3-5H2,1-2H3. The molecule has 0 amide bonds. The second-order valence-electron chi connectivity index (χ2n) is 4.47. The number of halogens is 5. The molecule has 0 radical (unpaired) electrons. The largest absolute Gasteiger partial charge is 0.483 e. The van der Waals surface area contributed by atoms with E-state index in [1.54, 1.807) is 0 Å². The highest BCUT2D eigenvalue weighted by Gasteiger charge is 2.27. The molecule has 1 aromatic carbocycles. The van der Waals surface area contributed by atoms with E-state index in [-0.39, 0.29) is 12.6 Å². The predicted molar refractivity (Wildman–Crippen MR) is 64.0 cm³/mol. The van der Waals surface area contributed by atoms with Crippen molar-refractivity contribution in [2.75, 3.05) is 13.2 Å². The van der Waals surface area contributed by atoms with Crippen molar-refractivity contribution in [3.8, 4) is 5.75 Å². The maximum absolute atomic E-state index is 13.3. The van der Waals surface area contributed by atoms with Crippen LogP contribution in [0.5, 0.6) is 5.75 Å². The van der Waals surface area contributed by atoms with Gasteiger partial charge in [0.15, 0.2) is 5.75 Å². The van der Waals surface area contributed by atoms with Gasteiger partial charge in [0.2, 0.25) is 29.1 Å². The molecule has 2 nitrogen and oxygen atoms in total. The third-order valence-corrected chi connectivity index (χ3v) is 2.35. The Morgan fingerprint density at radius 1 is 1.00 bits per heavy atom. The van der Waals surface area contributed by atoms with Gasteiger partial charge in [0.05, 0.1) is 0 Å². The monoisotopic (exact) mass is 295 g/mol. The van der Waals surface area contributed by atoms with Crippen LogP contribution in [0.15, 0.2) is 12.2 Å². The van der Waals surface area contributed by atoms with Crippen LogP contribution in [0.2, 0.25) is 0 Å². The Hall–Kier alpha value is -1.63. The number of nitrogens with one attached hydrogen (secondary N) is 1. The van der Waals surface area contributed by atoms with Gasteiger partial charge < -0.3 is 10.1 Å². The molecule has 1 N–H and O–H groups in total. The van der Waals surface area contributed by atoms with Crippen molar-refractivity contribution in [3.63, 3.8) is 0 Å². The maximum atomic E-state index is 13.3. The van der Waals surface area contributed by atoms with Crippen LogP contribution >= 0.6 is 0 Å². The molecule has 0 saturated heterocycles. The summed E-state index contributed by atoms with van der Waals surface area (Å²) < 4.78 is 69.8. The molecule has 1 rings (SSSR count).